The van der Waals surface area contributed by atoms with E-state index < -0.39 is 0 Å². The molecule has 4 heteroatoms. The van der Waals surface area contributed by atoms with Gasteiger partial charge in [0.05, 0.1) is 11.0 Å². The van der Waals surface area contributed by atoms with Gasteiger partial charge in [-0.1, -0.05) is 26.0 Å². The van der Waals surface area contributed by atoms with E-state index in [1.165, 1.54) is 0 Å². The third-order valence-corrected chi connectivity index (χ3v) is 3.55. The standard InChI is InChI=1S/C17H25N3O/c1-13(2)12-18-10-6-7-11-20-16-9-5-4-8-15(16)19-14(3)17(20)21/h4-5,8-9,13,18H,6-7,10-12H2,1-3H3. The smallest absolute Gasteiger partial charge is 0.272 e. The molecule has 0 atom stereocenters. The molecular weight excluding hydrogens is 262 g/mol. The van der Waals surface area contributed by atoms with Gasteiger partial charge in [0.15, 0.2) is 0 Å². The predicted molar refractivity (Wildman–Crippen MR) is 87.7 cm³/mol. The molecule has 4 nitrogen and oxygen atoms in total. The van der Waals surface area contributed by atoms with Crippen molar-refractivity contribution >= 4 is 11.0 Å². The number of fused-ring (bicyclic) bond motifs is 1. The van der Waals surface area contributed by atoms with Crippen molar-refractivity contribution in [3.8, 4) is 0 Å². The Morgan fingerprint density at radius 3 is 2.76 bits per heavy atom. The highest BCUT2D eigenvalue weighted by molar-refractivity contribution is 5.74. The maximum Gasteiger partial charge on any atom is 0.272 e. The van der Waals surface area contributed by atoms with Gasteiger partial charge in [0.2, 0.25) is 0 Å². The van der Waals surface area contributed by atoms with Crippen LogP contribution in [-0.4, -0.2) is 22.6 Å². The molecule has 114 valence electrons. The van der Waals surface area contributed by atoms with Crippen LogP contribution in [0.5, 0.6) is 0 Å². The van der Waals surface area contributed by atoms with E-state index in [-0.39, 0.29) is 5.56 Å². The average molecular weight is 287 g/mol. The van der Waals surface area contributed by atoms with Crippen LogP contribution < -0.4 is 10.9 Å². The first-order chi connectivity index (χ1) is 10.1. The quantitative estimate of drug-likeness (QED) is 0.797. The van der Waals surface area contributed by atoms with Crippen LogP contribution in [-0.2, 0) is 6.54 Å². The largest absolute Gasteiger partial charge is 0.316 e. The number of hydrogen-bond donors (Lipinski definition) is 1. The van der Waals surface area contributed by atoms with Gasteiger partial charge in [-0.05, 0) is 50.9 Å². The molecule has 0 saturated heterocycles. The zero-order chi connectivity index (χ0) is 15.2. The summed E-state index contributed by atoms with van der Waals surface area (Å²) in [6, 6.07) is 7.85. The maximum absolute atomic E-state index is 12.3. The normalized spacial score (nSPS) is 11.4. The molecule has 0 fully saturated rings. The molecule has 21 heavy (non-hydrogen) atoms. The fourth-order valence-electron chi connectivity index (χ4n) is 2.45. The van der Waals surface area contributed by atoms with Crippen LogP contribution in [0.1, 0.15) is 32.4 Å². The van der Waals surface area contributed by atoms with E-state index in [1.807, 2.05) is 28.8 Å². The molecular formula is C17H25N3O. The lowest BCUT2D eigenvalue weighted by molar-refractivity contribution is 0.519. The van der Waals surface area contributed by atoms with Gasteiger partial charge in [-0.2, -0.15) is 0 Å². The molecule has 0 aliphatic heterocycles. The second-order valence-electron chi connectivity index (χ2n) is 5.95. The molecule has 0 aliphatic rings. The van der Waals surface area contributed by atoms with Crippen molar-refractivity contribution in [1.82, 2.24) is 14.9 Å². The number of benzene rings is 1. The number of aryl methyl sites for hydroxylation is 2. The molecule has 1 N–H and O–H groups in total. The van der Waals surface area contributed by atoms with Crippen molar-refractivity contribution in [3.63, 3.8) is 0 Å². The molecule has 0 spiro atoms. The van der Waals surface area contributed by atoms with Gasteiger partial charge in [-0.3, -0.25) is 4.79 Å². The molecule has 0 aliphatic carbocycles. The predicted octanol–water partition coefficient (Wildman–Crippen LogP) is 2.73. The Labute approximate surface area is 126 Å². The van der Waals surface area contributed by atoms with Crippen LogP contribution in [0, 0.1) is 12.8 Å². The minimum absolute atomic E-state index is 0.0313. The summed E-state index contributed by atoms with van der Waals surface area (Å²) in [6.07, 6.45) is 2.08. The van der Waals surface area contributed by atoms with Crippen molar-refractivity contribution in [3.05, 3.63) is 40.3 Å². The number of hydrogen-bond acceptors (Lipinski definition) is 3. The van der Waals surface area contributed by atoms with Gasteiger partial charge >= 0.3 is 0 Å². The highest BCUT2D eigenvalue weighted by Crippen LogP contribution is 2.10. The Morgan fingerprint density at radius 1 is 1.24 bits per heavy atom. The van der Waals surface area contributed by atoms with Gasteiger partial charge in [-0.25, -0.2) is 4.98 Å². The summed E-state index contributed by atoms with van der Waals surface area (Å²) in [4.78, 5) is 16.6. The Morgan fingerprint density at radius 2 is 2.00 bits per heavy atom. The molecule has 0 bridgehead atoms. The first kappa shape index (κ1) is 15.7. The zero-order valence-electron chi connectivity index (χ0n) is 13.2. The number of rotatable bonds is 7. The first-order valence-electron chi connectivity index (χ1n) is 7.76. The Hall–Kier alpha value is -1.68. The first-order valence-corrected chi connectivity index (χ1v) is 7.76. The second-order valence-corrected chi connectivity index (χ2v) is 5.95. The molecule has 0 unspecified atom stereocenters. The van der Waals surface area contributed by atoms with Crippen molar-refractivity contribution in [2.75, 3.05) is 13.1 Å². The third-order valence-electron chi connectivity index (χ3n) is 3.55. The van der Waals surface area contributed by atoms with E-state index in [0.717, 1.165) is 43.5 Å². The summed E-state index contributed by atoms with van der Waals surface area (Å²) in [6.45, 7) is 9.02. The lowest BCUT2D eigenvalue weighted by Crippen LogP contribution is -2.25. The SMILES string of the molecule is Cc1nc2ccccc2n(CCCCNCC(C)C)c1=O. The van der Waals surface area contributed by atoms with Crippen LogP contribution in [0.3, 0.4) is 0 Å². The minimum atomic E-state index is 0.0313. The van der Waals surface area contributed by atoms with Crippen molar-refractivity contribution in [1.29, 1.82) is 0 Å². The summed E-state index contributed by atoms with van der Waals surface area (Å²) in [7, 11) is 0. The number of nitrogens with one attached hydrogen (secondary N) is 1. The van der Waals surface area contributed by atoms with E-state index in [2.05, 4.69) is 24.1 Å². The van der Waals surface area contributed by atoms with Gasteiger partial charge in [-0.15, -0.1) is 0 Å². The van der Waals surface area contributed by atoms with Gasteiger partial charge in [0.25, 0.3) is 5.56 Å². The lowest BCUT2D eigenvalue weighted by Gasteiger charge is -2.11. The van der Waals surface area contributed by atoms with Crippen LogP contribution in [0.4, 0.5) is 0 Å². The monoisotopic (exact) mass is 287 g/mol. The number of para-hydroxylation sites is 2. The topological polar surface area (TPSA) is 46.9 Å². The fourth-order valence-corrected chi connectivity index (χ4v) is 2.45. The molecule has 0 saturated carbocycles. The van der Waals surface area contributed by atoms with Crippen LogP contribution in [0.25, 0.3) is 11.0 Å². The summed E-state index contributed by atoms with van der Waals surface area (Å²) in [5.41, 5.74) is 2.44. The molecule has 2 rings (SSSR count). The molecule has 1 aromatic carbocycles. The Balaban J connectivity index is 2.01. The zero-order valence-corrected chi connectivity index (χ0v) is 13.2. The Bertz CT molecular complexity index is 646. The van der Waals surface area contributed by atoms with Gasteiger partial charge in [0.1, 0.15) is 5.69 Å². The van der Waals surface area contributed by atoms with E-state index in [4.69, 9.17) is 0 Å². The second kappa shape index (κ2) is 7.36. The van der Waals surface area contributed by atoms with Crippen LogP contribution >= 0.6 is 0 Å². The summed E-state index contributed by atoms with van der Waals surface area (Å²) in [5.74, 6) is 0.680. The molecule has 1 aromatic heterocycles. The van der Waals surface area contributed by atoms with E-state index in [1.54, 1.807) is 6.92 Å². The van der Waals surface area contributed by atoms with Gasteiger partial charge < -0.3 is 9.88 Å². The number of unbranched alkanes of at least 4 members (excludes halogenated alkanes) is 1. The van der Waals surface area contributed by atoms with Crippen molar-refractivity contribution in [2.45, 2.75) is 40.2 Å². The molecule has 1 heterocycles. The fraction of sp³-hybridized carbons (Fsp3) is 0.529. The lowest BCUT2D eigenvalue weighted by atomic mass is 10.2. The minimum Gasteiger partial charge on any atom is -0.316 e. The van der Waals surface area contributed by atoms with Crippen molar-refractivity contribution < 1.29 is 0 Å². The summed E-state index contributed by atoms with van der Waals surface area (Å²) in [5, 5.41) is 3.43. The molecule has 0 radical (unpaired) electrons. The Kier molecular flexibility index (Phi) is 5.51. The van der Waals surface area contributed by atoms with Crippen LogP contribution in [0.2, 0.25) is 0 Å². The highest BCUT2D eigenvalue weighted by Gasteiger charge is 2.07. The van der Waals surface area contributed by atoms with E-state index >= 15 is 0 Å². The number of aromatic nitrogens is 2. The highest BCUT2D eigenvalue weighted by atomic mass is 16.1. The summed E-state index contributed by atoms with van der Waals surface area (Å²) < 4.78 is 1.86. The summed E-state index contributed by atoms with van der Waals surface area (Å²) >= 11 is 0. The maximum atomic E-state index is 12.3. The van der Waals surface area contributed by atoms with E-state index in [9.17, 15) is 4.79 Å². The van der Waals surface area contributed by atoms with E-state index in [0.29, 0.717) is 11.6 Å². The molecule has 0 amide bonds. The van der Waals surface area contributed by atoms with Crippen molar-refractivity contribution in [2.24, 2.45) is 5.92 Å². The third kappa shape index (κ3) is 4.14. The van der Waals surface area contributed by atoms with Crippen LogP contribution in [0.15, 0.2) is 29.1 Å². The average Bonchev–Trinajstić information content (AvgIpc) is 2.46. The van der Waals surface area contributed by atoms with Gasteiger partial charge in [0, 0.05) is 6.54 Å². The molecule has 2 aromatic rings. The number of nitrogens with zero attached hydrogens (tertiary/aromatic N) is 2.